The van der Waals surface area contributed by atoms with Gasteiger partial charge in [0.05, 0.1) is 5.52 Å². The number of anilines is 2. The number of rotatable bonds is 2. The normalized spacial score (nSPS) is 10.8. The molecular formula is C15H11BrClN3. The van der Waals surface area contributed by atoms with Crippen LogP contribution in [0.25, 0.3) is 10.9 Å². The molecule has 0 saturated carbocycles. The topological polar surface area (TPSA) is 37.8 Å². The second-order valence-electron chi connectivity index (χ2n) is 4.48. The van der Waals surface area contributed by atoms with Gasteiger partial charge < -0.3 is 5.32 Å². The minimum absolute atomic E-state index is 0.713. The van der Waals surface area contributed by atoms with Gasteiger partial charge in [0.25, 0.3) is 0 Å². The molecule has 20 heavy (non-hydrogen) atoms. The first-order chi connectivity index (χ1) is 9.61. The molecule has 0 aliphatic heterocycles. The smallest absolute Gasteiger partial charge is 0.132 e. The molecule has 3 nitrogen and oxygen atoms in total. The zero-order valence-corrected chi connectivity index (χ0v) is 13.0. The highest BCUT2D eigenvalue weighted by molar-refractivity contribution is 9.10. The number of fused-ring (bicyclic) bond motifs is 1. The molecular weight excluding hydrogens is 338 g/mol. The van der Waals surface area contributed by atoms with E-state index in [1.54, 1.807) is 6.20 Å². The van der Waals surface area contributed by atoms with E-state index in [0.717, 1.165) is 32.6 Å². The van der Waals surface area contributed by atoms with Crippen molar-refractivity contribution in [2.75, 3.05) is 5.32 Å². The minimum Gasteiger partial charge on any atom is -0.325 e. The van der Waals surface area contributed by atoms with Gasteiger partial charge in [-0.25, -0.2) is 9.97 Å². The predicted octanol–water partition coefficient (Wildman–Crippen LogP) is 5.10. The zero-order chi connectivity index (χ0) is 14.1. The van der Waals surface area contributed by atoms with Crippen LogP contribution in [0.4, 0.5) is 11.6 Å². The molecule has 0 atom stereocenters. The van der Waals surface area contributed by atoms with E-state index in [1.807, 2.05) is 43.3 Å². The summed E-state index contributed by atoms with van der Waals surface area (Å²) in [4.78, 5) is 8.85. The first kappa shape index (κ1) is 13.3. The maximum absolute atomic E-state index is 5.96. The Kier molecular flexibility index (Phi) is 3.59. The summed E-state index contributed by atoms with van der Waals surface area (Å²) < 4.78 is 0.990. The lowest BCUT2D eigenvalue weighted by Gasteiger charge is -2.07. The third-order valence-electron chi connectivity index (χ3n) is 2.95. The van der Waals surface area contributed by atoms with Gasteiger partial charge in [-0.15, -0.1) is 0 Å². The molecule has 0 aliphatic carbocycles. The van der Waals surface area contributed by atoms with Crippen molar-refractivity contribution in [1.29, 1.82) is 0 Å². The number of hydrogen-bond acceptors (Lipinski definition) is 3. The van der Waals surface area contributed by atoms with E-state index in [2.05, 4.69) is 31.2 Å². The van der Waals surface area contributed by atoms with Crippen molar-refractivity contribution >= 4 is 50.1 Å². The number of nitrogens with zero attached hydrogens (tertiary/aromatic N) is 2. The van der Waals surface area contributed by atoms with E-state index in [1.165, 1.54) is 0 Å². The first-order valence-electron chi connectivity index (χ1n) is 6.07. The number of pyridine rings is 2. The molecule has 0 radical (unpaired) electrons. The Bertz CT molecular complexity index is 789. The monoisotopic (exact) mass is 347 g/mol. The molecule has 0 saturated heterocycles. The average molecular weight is 349 g/mol. The molecule has 1 aromatic carbocycles. The molecule has 2 heterocycles. The SMILES string of the molecule is Cc1cc(Nc2ccc3cc(Cl)ccc3n2)ncc1Br. The molecule has 0 spiro atoms. The van der Waals surface area contributed by atoms with Gasteiger partial charge in [-0.2, -0.15) is 0 Å². The molecule has 5 heteroatoms. The summed E-state index contributed by atoms with van der Waals surface area (Å²) in [6, 6.07) is 11.5. The van der Waals surface area contributed by atoms with Crippen LogP contribution in [0.3, 0.4) is 0 Å². The van der Waals surface area contributed by atoms with Gasteiger partial charge in [0, 0.05) is 21.1 Å². The molecule has 0 amide bonds. The lowest BCUT2D eigenvalue weighted by Crippen LogP contribution is -1.96. The molecule has 0 aliphatic rings. The zero-order valence-electron chi connectivity index (χ0n) is 10.7. The van der Waals surface area contributed by atoms with Gasteiger partial charge in [0.15, 0.2) is 0 Å². The van der Waals surface area contributed by atoms with Gasteiger partial charge in [0.1, 0.15) is 11.6 Å². The maximum Gasteiger partial charge on any atom is 0.132 e. The number of aromatic nitrogens is 2. The molecule has 1 N–H and O–H groups in total. The van der Waals surface area contributed by atoms with Crippen LogP contribution >= 0.6 is 27.5 Å². The van der Waals surface area contributed by atoms with E-state index >= 15 is 0 Å². The lowest BCUT2D eigenvalue weighted by atomic mass is 10.2. The summed E-state index contributed by atoms with van der Waals surface area (Å²) in [6.07, 6.45) is 1.78. The van der Waals surface area contributed by atoms with Crippen LogP contribution in [0.5, 0.6) is 0 Å². The Labute approximate surface area is 130 Å². The van der Waals surface area contributed by atoms with Gasteiger partial charge in [0.2, 0.25) is 0 Å². The van der Waals surface area contributed by atoms with Crippen LogP contribution in [-0.2, 0) is 0 Å². The van der Waals surface area contributed by atoms with Crippen LogP contribution in [0.2, 0.25) is 5.02 Å². The average Bonchev–Trinajstić information content (AvgIpc) is 2.43. The van der Waals surface area contributed by atoms with Crippen molar-refractivity contribution in [2.45, 2.75) is 6.92 Å². The summed E-state index contributed by atoms with van der Waals surface area (Å²) in [6.45, 7) is 2.02. The van der Waals surface area contributed by atoms with Crippen molar-refractivity contribution in [3.63, 3.8) is 0 Å². The number of hydrogen-bond donors (Lipinski definition) is 1. The van der Waals surface area contributed by atoms with Crippen LogP contribution in [0, 0.1) is 6.92 Å². The van der Waals surface area contributed by atoms with E-state index < -0.39 is 0 Å². The van der Waals surface area contributed by atoms with E-state index in [9.17, 15) is 0 Å². The van der Waals surface area contributed by atoms with E-state index in [-0.39, 0.29) is 0 Å². The standard InChI is InChI=1S/C15H11BrClN3/c1-9-6-15(18-8-12(9)16)20-14-5-2-10-7-11(17)3-4-13(10)19-14/h2-8H,1H3,(H,18,19,20). The minimum atomic E-state index is 0.713. The Morgan fingerprint density at radius 3 is 2.75 bits per heavy atom. The summed E-state index contributed by atoms with van der Waals surface area (Å²) in [5, 5.41) is 4.93. The molecule has 2 aromatic heterocycles. The Hall–Kier alpha value is -1.65. The van der Waals surface area contributed by atoms with E-state index in [4.69, 9.17) is 11.6 Å². The van der Waals surface area contributed by atoms with E-state index in [0.29, 0.717) is 5.02 Å². The van der Waals surface area contributed by atoms with Crippen molar-refractivity contribution in [3.8, 4) is 0 Å². The maximum atomic E-state index is 5.96. The molecule has 0 fully saturated rings. The van der Waals surface area contributed by atoms with Gasteiger partial charge in [-0.1, -0.05) is 11.6 Å². The van der Waals surface area contributed by atoms with Crippen molar-refractivity contribution in [1.82, 2.24) is 9.97 Å². The lowest BCUT2D eigenvalue weighted by molar-refractivity contribution is 1.23. The summed E-state index contributed by atoms with van der Waals surface area (Å²) in [7, 11) is 0. The number of aryl methyl sites for hydroxylation is 1. The van der Waals surface area contributed by atoms with Crippen LogP contribution in [0.15, 0.2) is 47.1 Å². The second-order valence-corrected chi connectivity index (χ2v) is 5.77. The van der Waals surface area contributed by atoms with Crippen molar-refractivity contribution < 1.29 is 0 Å². The number of nitrogens with one attached hydrogen (secondary N) is 1. The predicted molar refractivity (Wildman–Crippen MR) is 86.7 cm³/mol. The molecule has 3 aromatic rings. The van der Waals surface area contributed by atoms with Gasteiger partial charge in [-0.3, -0.25) is 0 Å². The van der Waals surface area contributed by atoms with Crippen LogP contribution < -0.4 is 5.32 Å². The van der Waals surface area contributed by atoms with Crippen molar-refractivity contribution in [2.24, 2.45) is 0 Å². The Morgan fingerprint density at radius 2 is 1.95 bits per heavy atom. The van der Waals surface area contributed by atoms with Gasteiger partial charge in [-0.05, 0) is 64.8 Å². The Morgan fingerprint density at radius 1 is 1.10 bits per heavy atom. The molecule has 3 rings (SSSR count). The number of halogens is 2. The molecule has 100 valence electrons. The Balaban J connectivity index is 1.94. The molecule has 0 bridgehead atoms. The quantitative estimate of drug-likeness (QED) is 0.700. The first-order valence-corrected chi connectivity index (χ1v) is 7.24. The van der Waals surface area contributed by atoms with Crippen LogP contribution in [0.1, 0.15) is 5.56 Å². The highest BCUT2D eigenvalue weighted by Crippen LogP contribution is 2.22. The summed E-state index contributed by atoms with van der Waals surface area (Å²) in [5.74, 6) is 1.53. The fourth-order valence-corrected chi connectivity index (χ4v) is 2.30. The molecule has 0 unspecified atom stereocenters. The highest BCUT2D eigenvalue weighted by Gasteiger charge is 2.02. The van der Waals surface area contributed by atoms with Crippen molar-refractivity contribution in [3.05, 3.63) is 57.7 Å². The highest BCUT2D eigenvalue weighted by atomic mass is 79.9. The third-order valence-corrected chi connectivity index (χ3v) is 4.02. The number of benzene rings is 1. The largest absolute Gasteiger partial charge is 0.325 e. The third kappa shape index (κ3) is 2.76. The fourth-order valence-electron chi connectivity index (χ4n) is 1.90. The summed E-state index contributed by atoms with van der Waals surface area (Å²) >= 11 is 9.40. The fraction of sp³-hybridized carbons (Fsp3) is 0.0667. The second kappa shape index (κ2) is 5.38. The summed E-state index contributed by atoms with van der Waals surface area (Å²) in [5.41, 5.74) is 2.02. The van der Waals surface area contributed by atoms with Gasteiger partial charge >= 0.3 is 0 Å². The van der Waals surface area contributed by atoms with Crippen LogP contribution in [-0.4, -0.2) is 9.97 Å².